The Kier molecular flexibility index (Phi) is 6.72. The lowest BCUT2D eigenvalue weighted by Crippen LogP contribution is -2.39. The Morgan fingerprint density at radius 3 is 2.26 bits per heavy atom. The molecule has 0 saturated carbocycles. The van der Waals surface area contributed by atoms with Gasteiger partial charge in [0, 0.05) is 37.7 Å². The molecule has 1 aliphatic heterocycles. The zero-order valence-corrected chi connectivity index (χ0v) is 17.9. The van der Waals surface area contributed by atoms with E-state index in [0.29, 0.717) is 24.2 Å². The molecule has 0 spiro atoms. The molecule has 0 aromatic heterocycles. The van der Waals surface area contributed by atoms with Crippen molar-refractivity contribution < 1.29 is 22.8 Å². The van der Waals surface area contributed by atoms with E-state index in [-0.39, 0.29) is 24.9 Å². The highest BCUT2D eigenvalue weighted by Gasteiger charge is 2.42. The highest BCUT2D eigenvalue weighted by molar-refractivity contribution is 5.95. The molecular formula is C24H27F3N2O2. The van der Waals surface area contributed by atoms with Crippen LogP contribution in [0.25, 0.3) is 0 Å². The molecule has 3 rings (SSSR count). The number of benzene rings is 2. The fourth-order valence-electron chi connectivity index (χ4n) is 4.15. The van der Waals surface area contributed by atoms with Gasteiger partial charge in [0.05, 0.1) is 11.5 Å². The third-order valence-electron chi connectivity index (χ3n) is 5.94. The Labute approximate surface area is 180 Å². The lowest BCUT2D eigenvalue weighted by molar-refractivity contribution is -0.137. The second-order valence-electron chi connectivity index (χ2n) is 7.92. The van der Waals surface area contributed by atoms with Gasteiger partial charge in [0.2, 0.25) is 5.91 Å². The van der Waals surface area contributed by atoms with Crippen molar-refractivity contribution in [3.05, 3.63) is 70.8 Å². The van der Waals surface area contributed by atoms with Gasteiger partial charge in [-0.15, -0.1) is 0 Å². The molecular weight excluding hydrogens is 405 g/mol. The third kappa shape index (κ3) is 4.92. The summed E-state index contributed by atoms with van der Waals surface area (Å²) >= 11 is 0. The van der Waals surface area contributed by atoms with Crippen LogP contribution < -0.4 is 0 Å². The number of carbonyl (C=O) groups excluding carboxylic acids is 2. The Morgan fingerprint density at radius 2 is 1.68 bits per heavy atom. The first-order chi connectivity index (χ1) is 14.7. The van der Waals surface area contributed by atoms with Crippen LogP contribution in [0.2, 0.25) is 0 Å². The van der Waals surface area contributed by atoms with Crippen LogP contribution in [0.1, 0.15) is 46.8 Å². The zero-order valence-electron chi connectivity index (χ0n) is 17.9. The first-order valence-electron chi connectivity index (χ1n) is 10.5. The van der Waals surface area contributed by atoms with Crippen molar-refractivity contribution in [1.29, 1.82) is 0 Å². The molecule has 0 radical (unpaired) electrons. The van der Waals surface area contributed by atoms with Crippen molar-refractivity contribution in [3.8, 4) is 0 Å². The van der Waals surface area contributed by atoms with Crippen molar-refractivity contribution in [3.63, 3.8) is 0 Å². The summed E-state index contributed by atoms with van der Waals surface area (Å²) in [6.07, 6.45) is -4.47. The first-order valence-corrected chi connectivity index (χ1v) is 10.5. The monoisotopic (exact) mass is 432 g/mol. The summed E-state index contributed by atoms with van der Waals surface area (Å²) in [5.74, 6) is -1.43. The van der Waals surface area contributed by atoms with Gasteiger partial charge in [-0.25, -0.2) is 0 Å². The van der Waals surface area contributed by atoms with E-state index in [1.165, 1.54) is 6.07 Å². The molecule has 166 valence electrons. The average molecular weight is 432 g/mol. The molecule has 0 N–H and O–H groups in total. The van der Waals surface area contributed by atoms with Crippen molar-refractivity contribution >= 4 is 11.8 Å². The van der Waals surface area contributed by atoms with Crippen molar-refractivity contribution in [1.82, 2.24) is 9.80 Å². The van der Waals surface area contributed by atoms with Crippen LogP contribution in [-0.4, -0.2) is 47.8 Å². The van der Waals surface area contributed by atoms with Crippen LogP contribution in [0.3, 0.4) is 0 Å². The molecule has 0 aliphatic carbocycles. The van der Waals surface area contributed by atoms with Crippen molar-refractivity contribution in [2.75, 3.05) is 26.2 Å². The van der Waals surface area contributed by atoms with Gasteiger partial charge < -0.3 is 9.80 Å². The Morgan fingerprint density at radius 1 is 1.03 bits per heavy atom. The number of alkyl halides is 3. The van der Waals surface area contributed by atoms with E-state index in [4.69, 9.17) is 0 Å². The predicted molar refractivity (Wildman–Crippen MR) is 113 cm³/mol. The second-order valence-corrected chi connectivity index (χ2v) is 7.92. The number of amides is 2. The minimum absolute atomic E-state index is 0.133. The van der Waals surface area contributed by atoms with E-state index in [9.17, 15) is 22.8 Å². The molecule has 2 atom stereocenters. The van der Waals surface area contributed by atoms with E-state index in [1.807, 2.05) is 32.9 Å². The summed E-state index contributed by atoms with van der Waals surface area (Å²) in [7, 11) is 0. The molecule has 7 heteroatoms. The molecule has 1 fully saturated rings. The van der Waals surface area contributed by atoms with Crippen LogP contribution in [0.5, 0.6) is 0 Å². The number of rotatable bonds is 5. The first kappa shape index (κ1) is 22.8. The maximum Gasteiger partial charge on any atom is 0.416 e. The van der Waals surface area contributed by atoms with Crippen molar-refractivity contribution in [2.24, 2.45) is 5.92 Å². The van der Waals surface area contributed by atoms with E-state index in [2.05, 4.69) is 0 Å². The maximum atomic E-state index is 13.3. The molecule has 2 amide bonds. The van der Waals surface area contributed by atoms with E-state index >= 15 is 0 Å². The SMILES string of the molecule is CCN(CC)C(=O)C1CN(C(=O)c2ccc(C)cc2)CC1c1cccc(C(F)(F)F)c1. The lowest BCUT2D eigenvalue weighted by atomic mass is 9.87. The molecule has 2 aromatic rings. The Hall–Kier alpha value is -2.83. The van der Waals surface area contributed by atoms with Crippen LogP contribution in [0.4, 0.5) is 13.2 Å². The van der Waals surface area contributed by atoms with Gasteiger partial charge >= 0.3 is 6.18 Å². The number of likely N-dealkylation sites (tertiary alicyclic amines) is 1. The summed E-state index contributed by atoms with van der Waals surface area (Å²) in [5.41, 5.74) is 1.21. The highest BCUT2D eigenvalue weighted by atomic mass is 19.4. The van der Waals surface area contributed by atoms with Crippen molar-refractivity contribution in [2.45, 2.75) is 32.9 Å². The van der Waals surface area contributed by atoms with Gasteiger partial charge in [-0.1, -0.05) is 35.9 Å². The predicted octanol–water partition coefficient (Wildman–Crippen LogP) is 4.74. The lowest BCUT2D eigenvalue weighted by Gasteiger charge is -2.26. The molecule has 1 saturated heterocycles. The normalized spacial score (nSPS) is 18.8. The van der Waals surface area contributed by atoms with Crippen LogP contribution >= 0.6 is 0 Å². The average Bonchev–Trinajstić information content (AvgIpc) is 3.19. The Bertz CT molecular complexity index is 937. The standard InChI is InChI=1S/C24H27F3N2O2/c1-4-28(5-2)23(31)21-15-29(22(30)17-11-9-16(3)10-12-17)14-20(21)18-7-6-8-19(13-18)24(25,26)27/h6-13,20-21H,4-5,14-15H2,1-3H3. The molecule has 1 aliphatic rings. The topological polar surface area (TPSA) is 40.6 Å². The second kappa shape index (κ2) is 9.12. The molecule has 2 unspecified atom stereocenters. The number of carbonyl (C=O) groups is 2. The van der Waals surface area contributed by atoms with Gasteiger partial charge in [-0.05, 0) is 44.5 Å². The summed E-state index contributed by atoms with van der Waals surface area (Å²) < 4.78 is 39.8. The third-order valence-corrected chi connectivity index (χ3v) is 5.94. The maximum absolute atomic E-state index is 13.3. The molecule has 0 bridgehead atoms. The van der Waals surface area contributed by atoms with Crippen LogP contribution in [0.15, 0.2) is 48.5 Å². The van der Waals surface area contributed by atoms with Gasteiger partial charge in [0.25, 0.3) is 5.91 Å². The molecule has 1 heterocycles. The van der Waals surface area contributed by atoms with Gasteiger partial charge in [0.15, 0.2) is 0 Å². The summed E-state index contributed by atoms with van der Waals surface area (Å²) in [6.45, 7) is 7.05. The molecule has 2 aromatic carbocycles. The Balaban J connectivity index is 1.95. The van der Waals surface area contributed by atoms with Crippen LogP contribution in [0, 0.1) is 12.8 Å². The number of hydrogen-bond acceptors (Lipinski definition) is 2. The summed E-state index contributed by atoms with van der Waals surface area (Å²) in [6, 6.07) is 12.2. The fraction of sp³-hybridized carbons (Fsp3) is 0.417. The quantitative estimate of drug-likeness (QED) is 0.685. The molecule has 31 heavy (non-hydrogen) atoms. The minimum atomic E-state index is -4.47. The van der Waals surface area contributed by atoms with Gasteiger partial charge in [0.1, 0.15) is 0 Å². The summed E-state index contributed by atoms with van der Waals surface area (Å²) in [5, 5.41) is 0. The molecule has 4 nitrogen and oxygen atoms in total. The minimum Gasteiger partial charge on any atom is -0.343 e. The van der Waals surface area contributed by atoms with E-state index in [1.54, 1.807) is 28.0 Å². The van der Waals surface area contributed by atoms with Crippen LogP contribution in [-0.2, 0) is 11.0 Å². The zero-order chi connectivity index (χ0) is 22.8. The smallest absolute Gasteiger partial charge is 0.343 e. The van der Waals surface area contributed by atoms with Gasteiger partial charge in [-0.2, -0.15) is 13.2 Å². The number of halogens is 3. The fourth-order valence-corrected chi connectivity index (χ4v) is 4.15. The number of nitrogens with zero attached hydrogens (tertiary/aromatic N) is 2. The number of hydrogen-bond donors (Lipinski definition) is 0. The summed E-state index contributed by atoms with van der Waals surface area (Å²) in [4.78, 5) is 29.5. The largest absolute Gasteiger partial charge is 0.416 e. The van der Waals surface area contributed by atoms with E-state index in [0.717, 1.165) is 17.7 Å². The van der Waals surface area contributed by atoms with Gasteiger partial charge in [-0.3, -0.25) is 9.59 Å². The number of aryl methyl sites for hydroxylation is 1. The highest BCUT2D eigenvalue weighted by Crippen LogP contribution is 2.37. The van der Waals surface area contributed by atoms with E-state index < -0.39 is 23.6 Å².